The van der Waals surface area contributed by atoms with Crippen molar-refractivity contribution < 1.29 is 27.8 Å². The van der Waals surface area contributed by atoms with Crippen molar-refractivity contribution >= 4 is 23.2 Å². The molecule has 3 aromatic carbocycles. The maximum Gasteiger partial charge on any atom is 0.255 e. The molecule has 0 saturated heterocycles. The summed E-state index contributed by atoms with van der Waals surface area (Å²) in [5.74, 6) is -1.93. The Morgan fingerprint density at radius 1 is 0.812 bits per heavy atom. The summed E-state index contributed by atoms with van der Waals surface area (Å²) in [6, 6.07) is 15.3. The van der Waals surface area contributed by atoms with Gasteiger partial charge in [0.05, 0.1) is 25.6 Å². The van der Waals surface area contributed by atoms with Gasteiger partial charge >= 0.3 is 0 Å². The maximum absolute atomic E-state index is 13.3. The second kappa shape index (κ2) is 10.4. The van der Waals surface area contributed by atoms with Crippen molar-refractivity contribution in [3.8, 4) is 11.5 Å². The molecule has 0 spiro atoms. The van der Waals surface area contributed by atoms with Gasteiger partial charge in [-0.25, -0.2) is 8.78 Å². The molecule has 0 aliphatic rings. The van der Waals surface area contributed by atoms with Crippen LogP contribution in [0.5, 0.6) is 11.5 Å². The number of halogens is 2. The van der Waals surface area contributed by atoms with Crippen LogP contribution in [0.2, 0.25) is 0 Å². The molecule has 0 heterocycles. The standard InChI is InChI=1S/C24H22F2N2O4/c1-31-21-14-20(28-24(30)16-6-4-3-5-7-16)22(32-2)13-19(21)27-23(29)11-9-15-8-10-17(25)18(26)12-15/h3-8,10,12-14H,9,11H2,1-2H3,(H,27,29)(H,28,30). The van der Waals surface area contributed by atoms with E-state index in [1.165, 1.54) is 26.4 Å². The molecule has 0 fully saturated rings. The van der Waals surface area contributed by atoms with Gasteiger partial charge in [-0.3, -0.25) is 9.59 Å². The Morgan fingerprint density at radius 3 is 2.03 bits per heavy atom. The Labute approximate surface area is 184 Å². The summed E-state index contributed by atoms with van der Waals surface area (Å²) in [7, 11) is 2.87. The lowest BCUT2D eigenvalue weighted by Crippen LogP contribution is -2.15. The molecular formula is C24H22F2N2O4. The topological polar surface area (TPSA) is 76.7 Å². The van der Waals surface area contributed by atoms with Gasteiger partial charge in [-0.1, -0.05) is 24.3 Å². The third kappa shape index (κ3) is 5.60. The molecule has 3 rings (SSSR count). The van der Waals surface area contributed by atoms with Crippen LogP contribution in [-0.4, -0.2) is 26.0 Å². The maximum atomic E-state index is 13.3. The van der Waals surface area contributed by atoms with Gasteiger partial charge in [-0.15, -0.1) is 0 Å². The number of methoxy groups -OCH3 is 2. The average Bonchev–Trinajstić information content (AvgIpc) is 2.81. The molecule has 0 saturated carbocycles. The van der Waals surface area contributed by atoms with E-state index in [-0.39, 0.29) is 24.7 Å². The first-order valence-corrected chi connectivity index (χ1v) is 9.77. The number of benzene rings is 3. The lowest BCUT2D eigenvalue weighted by molar-refractivity contribution is -0.116. The van der Waals surface area contributed by atoms with Crippen LogP contribution in [0.3, 0.4) is 0 Å². The van der Waals surface area contributed by atoms with E-state index in [1.54, 1.807) is 30.3 Å². The highest BCUT2D eigenvalue weighted by atomic mass is 19.2. The number of anilines is 2. The van der Waals surface area contributed by atoms with Gasteiger partial charge in [0.2, 0.25) is 5.91 Å². The van der Waals surface area contributed by atoms with E-state index in [0.29, 0.717) is 34.0 Å². The zero-order chi connectivity index (χ0) is 23.1. The third-order valence-electron chi connectivity index (χ3n) is 4.70. The summed E-state index contributed by atoms with van der Waals surface area (Å²) in [4.78, 5) is 24.9. The lowest BCUT2D eigenvalue weighted by atomic mass is 10.1. The van der Waals surface area contributed by atoms with E-state index < -0.39 is 11.6 Å². The van der Waals surface area contributed by atoms with E-state index in [9.17, 15) is 18.4 Å². The van der Waals surface area contributed by atoms with Crippen LogP contribution < -0.4 is 20.1 Å². The summed E-state index contributed by atoms with van der Waals surface area (Å²) in [6.45, 7) is 0. The van der Waals surface area contributed by atoms with E-state index in [0.717, 1.165) is 12.1 Å². The summed E-state index contributed by atoms with van der Waals surface area (Å²) < 4.78 is 37.1. The number of hydrogen-bond donors (Lipinski definition) is 2. The number of hydrogen-bond acceptors (Lipinski definition) is 4. The molecule has 2 amide bonds. The first-order valence-electron chi connectivity index (χ1n) is 9.77. The zero-order valence-electron chi connectivity index (χ0n) is 17.6. The van der Waals surface area contributed by atoms with Gasteiger partial charge in [0.15, 0.2) is 11.6 Å². The Bertz CT molecular complexity index is 1120. The first-order chi connectivity index (χ1) is 15.4. The van der Waals surface area contributed by atoms with Gasteiger partial charge in [0, 0.05) is 24.1 Å². The minimum absolute atomic E-state index is 0.0447. The molecule has 0 atom stereocenters. The van der Waals surface area contributed by atoms with Gasteiger partial charge in [0.1, 0.15) is 11.5 Å². The summed E-state index contributed by atoms with van der Waals surface area (Å²) >= 11 is 0. The third-order valence-corrected chi connectivity index (χ3v) is 4.70. The molecule has 0 aliphatic carbocycles. The molecule has 2 N–H and O–H groups in total. The number of rotatable bonds is 8. The number of ether oxygens (including phenoxy) is 2. The lowest BCUT2D eigenvalue weighted by Gasteiger charge is -2.16. The van der Waals surface area contributed by atoms with Crippen molar-refractivity contribution in [2.45, 2.75) is 12.8 Å². The fourth-order valence-electron chi connectivity index (χ4n) is 3.04. The monoisotopic (exact) mass is 440 g/mol. The smallest absolute Gasteiger partial charge is 0.255 e. The molecule has 0 aromatic heterocycles. The van der Waals surface area contributed by atoms with E-state index in [2.05, 4.69) is 10.6 Å². The second-order valence-electron chi connectivity index (χ2n) is 6.87. The molecule has 6 nitrogen and oxygen atoms in total. The Balaban J connectivity index is 1.72. The van der Waals surface area contributed by atoms with E-state index in [4.69, 9.17) is 9.47 Å². The van der Waals surface area contributed by atoms with Crippen molar-refractivity contribution in [2.75, 3.05) is 24.9 Å². The quantitative estimate of drug-likeness (QED) is 0.527. The molecule has 32 heavy (non-hydrogen) atoms. The normalized spacial score (nSPS) is 10.4. The number of carbonyl (C=O) groups is 2. The number of aryl methyl sites for hydroxylation is 1. The molecule has 3 aromatic rings. The van der Waals surface area contributed by atoms with Crippen LogP contribution in [0.4, 0.5) is 20.2 Å². The van der Waals surface area contributed by atoms with Crippen LogP contribution in [0.15, 0.2) is 60.7 Å². The summed E-state index contributed by atoms with van der Waals surface area (Å²) in [5.41, 5.74) is 1.70. The summed E-state index contributed by atoms with van der Waals surface area (Å²) in [6.07, 6.45) is 0.275. The van der Waals surface area contributed by atoms with Crippen LogP contribution in [-0.2, 0) is 11.2 Å². The van der Waals surface area contributed by atoms with Crippen molar-refractivity contribution in [2.24, 2.45) is 0 Å². The highest BCUT2D eigenvalue weighted by Gasteiger charge is 2.16. The average molecular weight is 440 g/mol. The van der Waals surface area contributed by atoms with Crippen molar-refractivity contribution in [3.63, 3.8) is 0 Å². The van der Waals surface area contributed by atoms with Crippen molar-refractivity contribution in [1.82, 2.24) is 0 Å². The van der Waals surface area contributed by atoms with Gasteiger partial charge in [-0.05, 0) is 36.2 Å². The molecule has 0 bridgehead atoms. The molecule has 8 heteroatoms. The fourth-order valence-corrected chi connectivity index (χ4v) is 3.04. The number of amides is 2. The van der Waals surface area contributed by atoms with Crippen molar-refractivity contribution in [1.29, 1.82) is 0 Å². The fraction of sp³-hybridized carbons (Fsp3) is 0.167. The first kappa shape index (κ1) is 22.7. The molecule has 0 aliphatic heterocycles. The predicted octanol–water partition coefficient (Wildman–Crippen LogP) is 4.81. The van der Waals surface area contributed by atoms with E-state index in [1.807, 2.05) is 6.07 Å². The zero-order valence-corrected chi connectivity index (χ0v) is 17.6. The minimum Gasteiger partial charge on any atom is -0.494 e. The second-order valence-corrected chi connectivity index (χ2v) is 6.87. The van der Waals surface area contributed by atoms with Gasteiger partial charge in [-0.2, -0.15) is 0 Å². The predicted molar refractivity (Wildman–Crippen MR) is 117 cm³/mol. The molecular weight excluding hydrogens is 418 g/mol. The summed E-state index contributed by atoms with van der Waals surface area (Å²) in [5, 5.41) is 5.49. The van der Waals surface area contributed by atoms with Crippen LogP contribution in [0.25, 0.3) is 0 Å². The SMILES string of the molecule is COc1cc(NC(=O)c2ccccc2)c(OC)cc1NC(=O)CCc1ccc(F)c(F)c1. The number of carbonyl (C=O) groups excluding carboxylic acids is 2. The van der Waals surface area contributed by atoms with Crippen LogP contribution in [0, 0.1) is 11.6 Å². The highest BCUT2D eigenvalue weighted by molar-refractivity contribution is 6.05. The Hall–Kier alpha value is -3.94. The molecule has 0 radical (unpaired) electrons. The van der Waals surface area contributed by atoms with E-state index >= 15 is 0 Å². The van der Waals surface area contributed by atoms with Crippen LogP contribution in [0.1, 0.15) is 22.3 Å². The number of nitrogens with one attached hydrogen (secondary N) is 2. The Morgan fingerprint density at radius 2 is 1.44 bits per heavy atom. The Kier molecular flexibility index (Phi) is 7.38. The van der Waals surface area contributed by atoms with Crippen molar-refractivity contribution in [3.05, 3.63) is 83.4 Å². The van der Waals surface area contributed by atoms with Gasteiger partial charge < -0.3 is 20.1 Å². The molecule has 166 valence electrons. The largest absolute Gasteiger partial charge is 0.494 e. The minimum atomic E-state index is -0.956. The van der Waals surface area contributed by atoms with Gasteiger partial charge in [0.25, 0.3) is 5.91 Å². The van der Waals surface area contributed by atoms with Crippen LogP contribution >= 0.6 is 0 Å². The molecule has 0 unspecified atom stereocenters. The highest BCUT2D eigenvalue weighted by Crippen LogP contribution is 2.36.